The maximum Gasteiger partial charge on any atom is 0.325 e. The summed E-state index contributed by atoms with van der Waals surface area (Å²) < 4.78 is 18.4. The van der Waals surface area contributed by atoms with E-state index in [0.717, 1.165) is 0 Å². The molecule has 19 heavy (non-hydrogen) atoms. The smallest absolute Gasteiger partial charge is 0.325 e. The molecule has 0 fully saturated rings. The molecule has 1 atom stereocenters. The number of aliphatic carboxylic acids is 1. The Morgan fingerprint density at radius 1 is 1.47 bits per heavy atom. The fourth-order valence-electron chi connectivity index (χ4n) is 1.48. The fourth-order valence-corrected chi connectivity index (χ4v) is 1.48. The van der Waals surface area contributed by atoms with Crippen LogP contribution < -0.4 is 10.1 Å². The average Bonchev–Trinajstić information content (AvgIpc) is 2.36. The second-order valence-corrected chi connectivity index (χ2v) is 4.08. The number of benzene rings is 1. The van der Waals surface area contributed by atoms with Crippen molar-refractivity contribution in [2.75, 3.05) is 7.11 Å². The molecule has 0 aliphatic heterocycles. The topological polar surface area (TPSA) is 75.6 Å². The molecule has 1 aromatic carbocycles. The first-order valence-electron chi connectivity index (χ1n) is 5.78. The van der Waals surface area contributed by atoms with Crippen LogP contribution in [0.5, 0.6) is 5.75 Å². The van der Waals surface area contributed by atoms with Crippen LogP contribution in [0.4, 0.5) is 4.39 Å². The Morgan fingerprint density at radius 2 is 2.16 bits per heavy atom. The number of carbonyl (C=O) groups excluding carboxylic acids is 1. The monoisotopic (exact) mass is 269 g/mol. The zero-order valence-electron chi connectivity index (χ0n) is 10.8. The van der Waals surface area contributed by atoms with Gasteiger partial charge in [-0.3, -0.25) is 9.59 Å². The van der Waals surface area contributed by atoms with E-state index in [-0.39, 0.29) is 12.8 Å². The summed E-state index contributed by atoms with van der Waals surface area (Å²) in [6, 6.07) is 3.44. The number of hydrogen-bond acceptors (Lipinski definition) is 3. The number of amides is 1. The first-order chi connectivity index (χ1) is 8.93. The second kappa shape index (κ2) is 6.72. The Morgan fingerprint density at radius 3 is 2.68 bits per heavy atom. The van der Waals surface area contributed by atoms with Crippen LogP contribution >= 0.6 is 0 Å². The van der Waals surface area contributed by atoms with E-state index in [1.807, 2.05) is 0 Å². The lowest BCUT2D eigenvalue weighted by molar-refractivity contribution is -0.141. The first-order valence-corrected chi connectivity index (χ1v) is 5.78. The molecule has 0 aliphatic carbocycles. The Bertz CT molecular complexity index is 476. The van der Waals surface area contributed by atoms with Gasteiger partial charge in [0.2, 0.25) is 5.91 Å². The number of hydrogen-bond donors (Lipinski definition) is 2. The van der Waals surface area contributed by atoms with Gasteiger partial charge in [-0.15, -0.1) is 0 Å². The van der Waals surface area contributed by atoms with Gasteiger partial charge in [-0.2, -0.15) is 0 Å². The molecule has 0 saturated carbocycles. The molecule has 0 radical (unpaired) electrons. The molecule has 5 nitrogen and oxygen atoms in total. The number of carbonyl (C=O) groups is 2. The largest absolute Gasteiger partial charge is 0.497 e. The van der Waals surface area contributed by atoms with Gasteiger partial charge in [-0.1, -0.05) is 6.07 Å². The van der Waals surface area contributed by atoms with Crippen molar-refractivity contribution in [1.82, 2.24) is 5.32 Å². The van der Waals surface area contributed by atoms with Gasteiger partial charge in [0.05, 0.1) is 7.11 Å². The Labute approximate surface area is 110 Å². The van der Waals surface area contributed by atoms with Gasteiger partial charge in [0, 0.05) is 12.5 Å². The summed E-state index contributed by atoms with van der Waals surface area (Å²) in [6.07, 6.45) is 0.231. The Kier molecular flexibility index (Phi) is 5.29. The molecule has 1 amide bonds. The van der Waals surface area contributed by atoms with Crippen LogP contribution in [0.25, 0.3) is 0 Å². The number of methoxy groups -OCH3 is 1. The summed E-state index contributed by atoms with van der Waals surface area (Å²) >= 11 is 0. The van der Waals surface area contributed by atoms with Crippen molar-refractivity contribution in [1.29, 1.82) is 0 Å². The molecule has 1 rings (SSSR count). The zero-order valence-corrected chi connectivity index (χ0v) is 10.8. The van der Waals surface area contributed by atoms with Crippen molar-refractivity contribution in [2.24, 2.45) is 0 Å². The summed E-state index contributed by atoms with van der Waals surface area (Å²) in [4.78, 5) is 22.0. The number of ether oxygens (including phenoxy) is 1. The van der Waals surface area contributed by atoms with E-state index < -0.39 is 23.7 Å². The molecule has 0 aliphatic rings. The predicted molar refractivity (Wildman–Crippen MR) is 66.5 cm³/mol. The number of rotatable bonds is 6. The van der Waals surface area contributed by atoms with E-state index in [9.17, 15) is 14.0 Å². The summed E-state index contributed by atoms with van der Waals surface area (Å²) in [7, 11) is 1.44. The van der Waals surface area contributed by atoms with Crippen molar-refractivity contribution in [3.05, 3.63) is 29.6 Å². The summed E-state index contributed by atoms with van der Waals surface area (Å²) in [6.45, 7) is 1.37. The van der Waals surface area contributed by atoms with Gasteiger partial charge >= 0.3 is 5.97 Å². The van der Waals surface area contributed by atoms with Crippen LogP contribution in [0.15, 0.2) is 18.2 Å². The van der Waals surface area contributed by atoms with Crippen molar-refractivity contribution in [2.45, 2.75) is 25.8 Å². The minimum atomic E-state index is -1.11. The lowest BCUT2D eigenvalue weighted by atomic mass is 10.1. The molecule has 0 saturated heterocycles. The molecule has 0 bridgehead atoms. The van der Waals surface area contributed by atoms with Crippen molar-refractivity contribution >= 4 is 11.9 Å². The molecular weight excluding hydrogens is 253 g/mol. The first kappa shape index (κ1) is 14.9. The summed E-state index contributed by atoms with van der Waals surface area (Å²) in [5.74, 6) is -1.57. The lowest BCUT2D eigenvalue weighted by Gasteiger charge is -2.09. The van der Waals surface area contributed by atoms with Gasteiger partial charge in [0.25, 0.3) is 0 Å². The highest BCUT2D eigenvalue weighted by Crippen LogP contribution is 2.17. The maximum atomic E-state index is 13.6. The van der Waals surface area contributed by atoms with Crippen molar-refractivity contribution < 1.29 is 23.8 Å². The molecule has 0 unspecified atom stereocenters. The third kappa shape index (κ3) is 4.57. The van der Waals surface area contributed by atoms with Crippen LogP contribution in [0.3, 0.4) is 0 Å². The van der Waals surface area contributed by atoms with E-state index in [1.54, 1.807) is 12.1 Å². The maximum absolute atomic E-state index is 13.6. The highest BCUT2D eigenvalue weighted by atomic mass is 19.1. The molecule has 2 N–H and O–H groups in total. The number of aryl methyl sites for hydroxylation is 1. The third-order valence-electron chi connectivity index (χ3n) is 2.63. The molecule has 0 spiro atoms. The molecular formula is C13H16FNO4. The molecule has 104 valence electrons. The molecule has 1 aromatic rings. The van der Waals surface area contributed by atoms with Gasteiger partial charge < -0.3 is 15.2 Å². The number of carboxylic acids is 1. The molecule has 0 aromatic heterocycles. The van der Waals surface area contributed by atoms with Gasteiger partial charge in [-0.05, 0) is 25.0 Å². The SMILES string of the molecule is COc1ccc(CCC(=O)N[C@@H](C)C(=O)O)c(F)c1. The van der Waals surface area contributed by atoms with E-state index in [4.69, 9.17) is 9.84 Å². The number of carboxylic acid groups (broad SMARTS) is 1. The Hall–Kier alpha value is -2.11. The average molecular weight is 269 g/mol. The molecule has 0 heterocycles. The molecule has 6 heteroatoms. The van der Waals surface area contributed by atoms with Gasteiger partial charge in [0.1, 0.15) is 17.6 Å². The van der Waals surface area contributed by atoms with E-state index in [1.165, 1.54) is 20.1 Å². The zero-order chi connectivity index (χ0) is 14.4. The predicted octanol–water partition coefficient (Wildman–Crippen LogP) is 1.36. The summed E-state index contributed by atoms with van der Waals surface area (Å²) in [5.41, 5.74) is 0.388. The number of nitrogens with one attached hydrogen (secondary N) is 1. The fraction of sp³-hybridized carbons (Fsp3) is 0.385. The van der Waals surface area contributed by atoms with Crippen molar-refractivity contribution in [3.63, 3.8) is 0 Å². The van der Waals surface area contributed by atoms with Crippen LogP contribution in [-0.4, -0.2) is 30.1 Å². The summed E-state index contributed by atoms with van der Waals surface area (Å²) in [5, 5.41) is 10.9. The van der Waals surface area contributed by atoms with Crippen LogP contribution in [-0.2, 0) is 16.0 Å². The highest BCUT2D eigenvalue weighted by molar-refractivity contribution is 5.83. The van der Waals surface area contributed by atoms with Crippen molar-refractivity contribution in [3.8, 4) is 5.75 Å². The Balaban J connectivity index is 2.53. The van der Waals surface area contributed by atoms with Crippen LogP contribution in [0.1, 0.15) is 18.9 Å². The minimum Gasteiger partial charge on any atom is -0.497 e. The van der Waals surface area contributed by atoms with E-state index in [0.29, 0.717) is 11.3 Å². The normalized spacial score (nSPS) is 11.7. The minimum absolute atomic E-state index is 0.0286. The van der Waals surface area contributed by atoms with Gasteiger partial charge in [0.15, 0.2) is 0 Å². The van der Waals surface area contributed by atoms with Crippen LogP contribution in [0.2, 0.25) is 0 Å². The van der Waals surface area contributed by atoms with E-state index in [2.05, 4.69) is 5.32 Å². The number of halogens is 1. The highest BCUT2D eigenvalue weighted by Gasteiger charge is 2.14. The second-order valence-electron chi connectivity index (χ2n) is 4.08. The lowest BCUT2D eigenvalue weighted by Crippen LogP contribution is -2.38. The van der Waals surface area contributed by atoms with E-state index >= 15 is 0 Å². The quantitative estimate of drug-likeness (QED) is 0.817. The van der Waals surface area contributed by atoms with Crippen LogP contribution in [0, 0.1) is 5.82 Å². The van der Waals surface area contributed by atoms with Gasteiger partial charge in [-0.25, -0.2) is 4.39 Å². The standard InChI is InChI=1S/C13H16FNO4/c1-8(13(17)18)15-12(16)6-4-9-3-5-10(19-2)7-11(9)14/h3,5,7-8H,4,6H2,1-2H3,(H,15,16)(H,17,18)/t8-/m0/s1. The third-order valence-corrected chi connectivity index (χ3v) is 2.63.